The van der Waals surface area contributed by atoms with Crippen molar-refractivity contribution in [1.82, 2.24) is 9.29 Å². The summed E-state index contributed by atoms with van der Waals surface area (Å²) < 4.78 is 26.9. The molecule has 0 unspecified atom stereocenters. The Morgan fingerprint density at radius 2 is 2.15 bits per heavy atom. The van der Waals surface area contributed by atoms with Gasteiger partial charge in [0.05, 0.1) is 9.92 Å². The maximum absolute atomic E-state index is 12.7. The van der Waals surface area contributed by atoms with E-state index >= 15 is 0 Å². The third kappa shape index (κ3) is 2.18. The molecule has 2 aromatic rings. The van der Waals surface area contributed by atoms with Gasteiger partial charge in [-0.15, -0.1) is 0 Å². The second-order valence-corrected chi connectivity index (χ2v) is 7.20. The van der Waals surface area contributed by atoms with E-state index in [1.165, 1.54) is 10.5 Å². The Balaban J connectivity index is 2.19. The van der Waals surface area contributed by atoms with E-state index in [2.05, 4.69) is 4.98 Å². The van der Waals surface area contributed by atoms with Crippen molar-refractivity contribution in [3.8, 4) is 0 Å². The zero-order chi connectivity index (χ0) is 14.3. The fourth-order valence-corrected chi connectivity index (χ4v) is 4.56. The van der Waals surface area contributed by atoms with Crippen LogP contribution < -0.4 is 5.73 Å². The summed E-state index contributed by atoms with van der Waals surface area (Å²) in [4.78, 5) is 4.20. The molecule has 0 spiro atoms. The van der Waals surface area contributed by atoms with E-state index in [1.54, 1.807) is 24.4 Å². The molecule has 1 saturated heterocycles. The quantitative estimate of drug-likeness (QED) is 0.914. The van der Waals surface area contributed by atoms with Crippen molar-refractivity contribution in [2.24, 2.45) is 5.73 Å². The number of nitrogens with two attached hydrogens (primary N) is 1. The molecule has 0 radical (unpaired) electrons. The molecule has 1 atom stereocenters. The molecule has 1 aliphatic rings. The van der Waals surface area contributed by atoms with E-state index in [0.29, 0.717) is 35.3 Å². The van der Waals surface area contributed by atoms with Crippen LogP contribution in [0.4, 0.5) is 0 Å². The van der Waals surface area contributed by atoms with Crippen LogP contribution in [0.3, 0.4) is 0 Å². The highest BCUT2D eigenvalue weighted by Gasteiger charge is 2.32. The maximum atomic E-state index is 12.7. The monoisotopic (exact) mass is 311 g/mol. The standard InChI is InChI=1S/C13H14ClN3O2S/c14-11-7-16-6-9-2-1-3-12(13(9)11)20(18,19)17-5-4-10(15)8-17/h1-3,6-7,10H,4-5,8,15H2/t10-/m1/s1. The second-order valence-electron chi connectivity index (χ2n) is 4.89. The van der Waals surface area contributed by atoms with Crippen LogP contribution >= 0.6 is 11.6 Å². The van der Waals surface area contributed by atoms with Crippen molar-refractivity contribution < 1.29 is 8.42 Å². The van der Waals surface area contributed by atoms with Gasteiger partial charge in [-0.2, -0.15) is 4.31 Å². The summed E-state index contributed by atoms with van der Waals surface area (Å²) in [6, 6.07) is 4.97. The third-order valence-electron chi connectivity index (χ3n) is 3.50. The van der Waals surface area contributed by atoms with E-state index in [4.69, 9.17) is 17.3 Å². The minimum Gasteiger partial charge on any atom is -0.326 e. The molecular formula is C13H14ClN3O2S. The molecule has 1 aromatic heterocycles. The van der Waals surface area contributed by atoms with Gasteiger partial charge in [0, 0.05) is 42.3 Å². The molecule has 7 heteroatoms. The number of pyridine rings is 1. The highest BCUT2D eigenvalue weighted by Crippen LogP contribution is 2.31. The average molecular weight is 312 g/mol. The summed E-state index contributed by atoms with van der Waals surface area (Å²) in [5, 5.41) is 1.57. The molecule has 0 bridgehead atoms. The first-order valence-corrected chi connectivity index (χ1v) is 8.10. The highest BCUT2D eigenvalue weighted by atomic mass is 35.5. The molecule has 1 fully saturated rings. The van der Waals surface area contributed by atoms with Crippen LogP contribution in [0, 0.1) is 0 Å². The Bertz CT molecular complexity index is 758. The van der Waals surface area contributed by atoms with Gasteiger partial charge in [0.2, 0.25) is 10.0 Å². The lowest BCUT2D eigenvalue weighted by Gasteiger charge is -2.17. The Hall–Kier alpha value is -1.21. The van der Waals surface area contributed by atoms with Gasteiger partial charge in [-0.05, 0) is 12.5 Å². The summed E-state index contributed by atoms with van der Waals surface area (Å²) in [5.41, 5.74) is 5.80. The van der Waals surface area contributed by atoms with Crippen LogP contribution in [-0.2, 0) is 10.0 Å². The van der Waals surface area contributed by atoms with Crippen LogP contribution in [0.2, 0.25) is 5.02 Å². The molecule has 2 N–H and O–H groups in total. The zero-order valence-electron chi connectivity index (χ0n) is 10.7. The molecule has 5 nitrogen and oxygen atoms in total. The lowest BCUT2D eigenvalue weighted by molar-refractivity contribution is 0.473. The van der Waals surface area contributed by atoms with E-state index in [1.807, 2.05) is 0 Å². The summed E-state index contributed by atoms with van der Waals surface area (Å²) in [7, 11) is -3.58. The number of halogens is 1. The molecule has 1 aromatic carbocycles. The Kier molecular flexibility index (Phi) is 3.41. The van der Waals surface area contributed by atoms with Crippen molar-refractivity contribution in [1.29, 1.82) is 0 Å². The first kappa shape index (κ1) is 13.8. The topological polar surface area (TPSA) is 76.3 Å². The summed E-state index contributed by atoms with van der Waals surface area (Å²) in [6.45, 7) is 0.796. The molecule has 0 aliphatic carbocycles. The lowest BCUT2D eigenvalue weighted by atomic mass is 10.2. The SMILES string of the molecule is N[C@@H]1CCN(S(=O)(=O)c2cccc3cncc(Cl)c23)C1. The summed E-state index contributed by atoms with van der Waals surface area (Å²) >= 11 is 6.13. The van der Waals surface area contributed by atoms with Crippen molar-refractivity contribution in [3.05, 3.63) is 35.6 Å². The highest BCUT2D eigenvalue weighted by molar-refractivity contribution is 7.89. The van der Waals surface area contributed by atoms with Crippen LogP contribution in [0.5, 0.6) is 0 Å². The van der Waals surface area contributed by atoms with Gasteiger partial charge >= 0.3 is 0 Å². The van der Waals surface area contributed by atoms with Crippen molar-refractivity contribution >= 4 is 32.4 Å². The smallest absolute Gasteiger partial charge is 0.243 e. The van der Waals surface area contributed by atoms with Gasteiger partial charge in [-0.25, -0.2) is 8.42 Å². The molecule has 3 rings (SSSR count). The first-order valence-electron chi connectivity index (χ1n) is 6.28. The van der Waals surface area contributed by atoms with Gasteiger partial charge in [-0.3, -0.25) is 4.98 Å². The van der Waals surface area contributed by atoms with E-state index in [9.17, 15) is 8.42 Å². The molecule has 106 valence electrons. The van der Waals surface area contributed by atoms with Gasteiger partial charge in [0.1, 0.15) is 0 Å². The van der Waals surface area contributed by atoms with Crippen molar-refractivity contribution in [2.75, 3.05) is 13.1 Å². The first-order chi connectivity index (χ1) is 9.50. The number of benzene rings is 1. The predicted molar refractivity (Wildman–Crippen MR) is 78.1 cm³/mol. The van der Waals surface area contributed by atoms with E-state index < -0.39 is 10.0 Å². The van der Waals surface area contributed by atoms with E-state index in [-0.39, 0.29) is 10.9 Å². The number of rotatable bonds is 2. The molecule has 0 amide bonds. The second kappa shape index (κ2) is 4.96. The lowest BCUT2D eigenvalue weighted by Crippen LogP contribution is -2.32. The van der Waals surface area contributed by atoms with Gasteiger partial charge in [-0.1, -0.05) is 23.7 Å². The largest absolute Gasteiger partial charge is 0.326 e. The summed E-state index contributed by atoms with van der Waals surface area (Å²) in [5.74, 6) is 0. The van der Waals surface area contributed by atoms with Crippen molar-refractivity contribution in [2.45, 2.75) is 17.4 Å². The third-order valence-corrected chi connectivity index (χ3v) is 5.70. The number of nitrogens with zero attached hydrogens (tertiary/aromatic N) is 2. The predicted octanol–water partition coefficient (Wildman–Crippen LogP) is 1.61. The van der Waals surface area contributed by atoms with Crippen LogP contribution in [-0.4, -0.2) is 36.8 Å². The van der Waals surface area contributed by atoms with Crippen LogP contribution in [0.1, 0.15) is 6.42 Å². The van der Waals surface area contributed by atoms with Gasteiger partial charge in [0.25, 0.3) is 0 Å². The van der Waals surface area contributed by atoms with Crippen LogP contribution in [0.25, 0.3) is 10.8 Å². The summed E-state index contributed by atoms with van der Waals surface area (Å²) in [6.07, 6.45) is 3.74. The fraction of sp³-hybridized carbons (Fsp3) is 0.308. The maximum Gasteiger partial charge on any atom is 0.243 e. The molecule has 2 heterocycles. The van der Waals surface area contributed by atoms with Gasteiger partial charge < -0.3 is 5.73 Å². The number of aromatic nitrogens is 1. The number of hydrogen-bond donors (Lipinski definition) is 1. The Morgan fingerprint density at radius 3 is 2.85 bits per heavy atom. The molecule has 1 aliphatic heterocycles. The van der Waals surface area contributed by atoms with E-state index in [0.717, 1.165) is 0 Å². The van der Waals surface area contributed by atoms with Crippen molar-refractivity contribution in [3.63, 3.8) is 0 Å². The molecule has 20 heavy (non-hydrogen) atoms. The number of fused-ring (bicyclic) bond motifs is 1. The molecule has 0 saturated carbocycles. The van der Waals surface area contributed by atoms with Crippen LogP contribution in [0.15, 0.2) is 35.5 Å². The normalized spacial score (nSPS) is 20.6. The fourth-order valence-electron chi connectivity index (χ4n) is 2.49. The zero-order valence-corrected chi connectivity index (χ0v) is 12.2. The minimum atomic E-state index is -3.58. The molecular weight excluding hydrogens is 298 g/mol. The Morgan fingerprint density at radius 1 is 1.35 bits per heavy atom. The number of hydrogen-bond acceptors (Lipinski definition) is 4. The number of sulfonamides is 1. The average Bonchev–Trinajstić information content (AvgIpc) is 2.86. The minimum absolute atomic E-state index is 0.100. The van der Waals surface area contributed by atoms with Gasteiger partial charge in [0.15, 0.2) is 0 Å². The Labute approximate surface area is 122 Å².